The zero-order valence-corrected chi connectivity index (χ0v) is 18.3. The van der Waals surface area contributed by atoms with Crippen LogP contribution < -0.4 is 15.4 Å². The summed E-state index contributed by atoms with van der Waals surface area (Å²) in [7, 11) is 0. The van der Waals surface area contributed by atoms with Gasteiger partial charge in [-0.15, -0.1) is 0 Å². The van der Waals surface area contributed by atoms with Gasteiger partial charge in [0.2, 0.25) is 5.88 Å². The SMILES string of the molecule is CC(C)(C)c1ccccc1Nc1nc(Oc2ccccc2)ccc1NC1C=CC=CC1. The van der Waals surface area contributed by atoms with Gasteiger partial charge in [0.05, 0.1) is 5.69 Å². The highest BCUT2D eigenvalue weighted by Gasteiger charge is 2.19. The molecule has 0 spiro atoms. The van der Waals surface area contributed by atoms with Crippen molar-refractivity contribution in [3.8, 4) is 11.6 Å². The van der Waals surface area contributed by atoms with Crippen molar-refractivity contribution in [2.45, 2.75) is 38.6 Å². The molecule has 31 heavy (non-hydrogen) atoms. The average molecular weight is 412 g/mol. The lowest BCUT2D eigenvalue weighted by atomic mass is 9.86. The highest BCUT2D eigenvalue weighted by Crippen LogP contribution is 2.34. The summed E-state index contributed by atoms with van der Waals surface area (Å²) in [5.41, 5.74) is 3.22. The molecule has 1 aliphatic rings. The molecule has 0 saturated carbocycles. The van der Waals surface area contributed by atoms with Crippen molar-refractivity contribution in [1.29, 1.82) is 0 Å². The van der Waals surface area contributed by atoms with Crippen molar-refractivity contribution < 1.29 is 4.74 Å². The fourth-order valence-corrected chi connectivity index (χ4v) is 3.58. The van der Waals surface area contributed by atoms with Crippen molar-refractivity contribution in [2.24, 2.45) is 0 Å². The minimum absolute atomic E-state index is 0.00619. The van der Waals surface area contributed by atoms with E-state index in [1.54, 1.807) is 0 Å². The number of ether oxygens (including phenoxy) is 1. The third kappa shape index (κ3) is 5.34. The molecule has 158 valence electrons. The minimum Gasteiger partial charge on any atom is -0.439 e. The molecule has 1 unspecified atom stereocenters. The molecule has 0 amide bonds. The number of benzene rings is 2. The van der Waals surface area contributed by atoms with Crippen LogP contribution in [-0.2, 0) is 5.41 Å². The Morgan fingerprint density at radius 2 is 1.65 bits per heavy atom. The van der Waals surface area contributed by atoms with E-state index in [0.717, 1.165) is 29.4 Å². The van der Waals surface area contributed by atoms with Gasteiger partial charge in [0.15, 0.2) is 5.82 Å². The Hall–Kier alpha value is -3.53. The number of anilines is 3. The van der Waals surface area contributed by atoms with E-state index in [1.165, 1.54) is 5.56 Å². The molecule has 2 aromatic carbocycles. The van der Waals surface area contributed by atoms with Gasteiger partial charge < -0.3 is 15.4 Å². The molecule has 1 aromatic heterocycles. The molecule has 4 nitrogen and oxygen atoms in total. The summed E-state index contributed by atoms with van der Waals surface area (Å²) in [6.45, 7) is 6.65. The number of aromatic nitrogens is 1. The van der Waals surface area contributed by atoms with Crippen LogP contribution in [0.1, 0.15) is 32.8 Å². The lowest BCUT2D eigenvalue weighted by molar-refractivity contribution is 0.464. The zero-order valence-electron chi connectivity index (χ0n) is 18.3. The smallest absolute Gasteiger partial charge is 0.221 e. The molecule has 0 saturated heterocycles. The van der Waals surface area contributed by atoms with Gasteiger partial charge in [0.25, 0.3) is 0 Å². The van der Waals surface area contributed by atoms with Gasteiger partial charge in [-0.2, -0.15) is 4.98 Å². The largest absolute Gasteiger partial charge is 0.439 e. The predicted molar refractivity (Wildman–Crippen MR) is 129 cm³/mol. The minimum atomic E-state index is 0.00619. The van der Waals surface area contributed by atoms with Crippen LogP contribution in [-0.4, -0.2) is 11.0 Å². The van der Waals surface area contributed by atoms with Gasteiger partial charge in [-0.1, -0.05) is 81.5 Å². The molecule has 3 aromatic rings. The molecule has 4 heteroatoms. The fourth-order valence-electron chi connectivity index (χ4n) is 3.58. The maximum atomic E-state index is 6.00. The van der Waals surface area contributed by atoms with Gasteiger partial charge in [-0.25, -0.2) is 0 Å². The highest BCUT2D eigenvalue weighted by molar-refractivity contribution is 5.74. The molecule has 1 atom stereocenters. The Labute approximate surface area is 184 Å². The number of rotatable bonds is 6. The molecule has 1 heterocycles. The standard InChI is InChI=1S/C27H29N3O/c1-27(2,3)22-16-10-11-17-23(22)29-26-24(28-20-12-6-4-7-13-20)18-19-25(30-26)31-21-14-8-5-9-15-21/h4-12,14-20,28H,13H2,1-3H3,(H,29,30). The molecule has 4 rings (SSSR count). The van der Waals surface area contributed by atoms with E-state index in [-0.39, 0.29) is 11.5 Å². The third-order valence-electron chi connectivity index (χ3n) is 5.14. The first-order valence-electron chi connectivity index (χ1n) is 10.7. The van der Waals surface area contributed by atoms with E-state index in [0.29, 0.717) is 5.88 Å². The van der Waals surface area contributed by atoms with Crippen LogP contribution in [0.3, 0.4) is 0 Å². The van der Waals surface area contributed by atoms with E-state index >= 15 is 0 Å². The topological polar surface area (TPSA) is 46.2 Å². The first kappa shape index (κ1) is 20.7. The van der Waals surface area contributed by atoms with Crippen LogP contribution in [0.15, 0.2) is 91.0 Å². The predicted octanol–water partition coefficient (Wildman–Crippen LogP) is 7.21. The summed E-state index contributed by atoms with van der Waals surface area (Å²) >= 11 is 0. The average Bonchev–Trinajstić information content (AvgIpc) is 2.77. The van der Waals surface area contributed by atoms with Gasteiger partial charge in [0, 0.05) is 17.8 Å². The van der Waals surface area contributed by atoms with Crippen LogP contribution in [0.4, 0.5) is 17.2 Å². The zero-order chi connectivity index (χ0) is 21.7. The summed E-state index contributed by atoms with van der Waals surface area (Å²) in [4.78, 5) is 4.81. The van der Waals surface area contributed by atoms with Crippen LogP contribution >= 0.6 is 0 Å². The van der Waals surface area contributed by atoms with E-state index in [4.69, 9.17) is 9.72 Å². The number of nitrogens with zero attached hydrogens (tertiary/aromatic N) is 1. The van der Waals surface area contributed by atoms with E-state index in [9.17, 15) is 0 Å². The van der Waals surface area contributed by atoms with Crippen molar-refractivity contribution in [2.75, 3.05) is 10.6 Å². The molecule has 0 aliphatic heterocycles. The second-order valence-corrected chi connectivity index (χ2v) is 8.68. The van der Waals surface area contributed by atoms with Gasteiger partial charge in [0.1, 0.15) is 5.75 Å². The summed E-state index contributed by atoms with van der Waals surface area (Å²) in [6, 6.07) is 22.3. The Bertz CT molecular complexity index is 1080. The van der Waals surface area contributed by atoms with Crippen LogP contribution in [0.25, 0.3) is 0 Å². The highest BCUT2D eigenvalue weighted by atomic mass is 16.5. The number of hydrogen-bond donors (Lipinski definition) is 2. The molecular formula is C27H29N3O. The Morgan fingerprint density at radius 3 is 2.39 bits per heavy atom. The molecule has 0 fully saturated rings. The Balaban J connectivity index is 1.67. The van der Waals surface area contributed by atoms with Crippen molar-refractivity contribution in [3.63, 3.8) is 0 Å². The normalized spacial score (nSPS) is 15.5. The third-order valence-corrected chi connectivity index (χ3v) is 5.14. The number of allylic oxidation sites excluding steroid dienone is 2. The number of nitrogens with one attached hydrogen (secondary N) is 2. The lowest BCUT2D eigenvalue weighted by Crippen LogP contribution is -2.19. The van der Waals surface area contributed by atoms with Crippen molar-refractivity contribution in [3.05, 3.63) is 96.6 Å². The number of hydrogen-bond acceptors (Lipinski definition) is 4. The summed E-state index contributed by atoms with van der Waals surface area (Å²) < 4.78 is 6.00. The Kier molecular flexibility index (Phi) is 6.08. The van der Waals surface area contributed by atoms with E-state index < -0.39 is 0 Å². The fraction of sp³-hybridized carbons (Fsp3) is 0.222. The second-order valence-electron chi connectivity index (χ2n) is 8.68. The first-order chi connectivity index (χ1) is 15.0. The molecule has 1 aliphatic carbocycles. The first-order valence-corrected chi connectivity index (χ1v) is 10.7. The summed E-state index contributed by atoms with van der Waals surface area (Å²) in [5.74, 6) is 2.05. The summed E-state index contributed by atoms with van der Waals surface area (Å²) in [6.07, 6.45) is 9.42. The maximum Gasteiger partial charge on any atom is 0.221 e. The molecular weight excluding hydrogens is 382 g/mol. The van der Waals surface area contributed by atoms with Gasteiger partial charge >= 0.3 is 0 Å². The van der Waals surface area contributed by atoms with Gasteiger partial charge in [-0.05, 0) is 41.7 Å². The quantitative estimate of drug-likeness (QED) is 0.450. The maximum absolute atomic E-state index is 6.00. The van der Waals surface area contributed by atoms with Crippen molar-refractivity contribution >= 4 is 17.2 Å². The van der Waals surface area contributed by atoms with Gasteiger partial charge in [-0.3, -0.25) is 0 Å². The second kappa shape index (κ2) is 9.09. The number of para-hydroxylation sites is 2. The monoisotopic (exact) mass is 411 g/mol. The van der Waals surface area contributed by atoms with Crippen LogP contribution in [0, 0.1) is 0 Å². The van der Waals surface area contributed by atoms with E-state index in [2.05, 4.69) is 73.9 Å². The van der Waals surface area contributed by atoms with Crippen LogP contribution in [0.2, 0.25) is 0 Å². The van der Waals surface area contributed by atoms with Crippen LogP contribution in [0.5, 0.6) is 11.6 Å². The van der Waals surface area contributed by atoms with E-state index in [1.807, 2.05) is 48.5 Å². The lowest BCUT2D eigenvalue weighted by Gasteiger charge is -2.25. The molecule has 0 radical (unpaired) electrons. The number of pyridine rings is 1. The van der Waals surface area contributed by atoms with Crippen molar-refractivity contribution in [1.82, 2.24) is 4.98 Å². The molecule has 2 N–H and O–H groups in total. The molecule has 0 bridgehead atoms. The summed E-state index contributed by atoms with van der Waals surface area (Å²) in [5, 5.41) is 7.17. The Morgan fingerprint density at radius 1 is 0.871 bits per heavy atom.